The number of carbonyl (C=O) groups excluding carboxylic acids is 2. The van der Waals surface area contributed by atoms with Crippen LogP contribution in [0.5, 0.6) is 0 Å². The van der Waals surface area contributed by atoms with E-state index in [0.29, 0.717) is 0 Å². The number of hydrogen-bond acceptors (Lipinski definition) is 5. The van der Waals surface area contributed by atoms with Crippen LogP contribution < -0.4 is 5.32 Å². The van der Waals surface area contributed by atoms with Gasteiger partial charge in [0.25, 0.3) is 0 Å². The van der Waals surface area contributed by atoms with Gasteiger partial charge in [-0.05, 0) is 64.5 Å². The quantitative estimate of drug-likeness (QED) is 0.401. The number of allylic oxidation sites excluding steroid dienone is 1. The molecule has 2 N–H and O–H groups in total. The van der Waals surface area contributed by atoms with Crippen molar-refractivity contribution in [2.24, 2.45) is 0 Å². The van der Waals surface area contributed by atoms with E-state index >= 15 is 0 Å². The molecule has 2 aromatic carbocycles. The van der Waals surface area contributed by atoms with Crippen LogP contribution in [0.1, 0.15) is 76.8 Å². The number of carboxylic acid groups (broad SMARTS) is 1. The van der Waals surface area contributed by atoms with E-state index in [2.05, 4.69) is 5.32 Å². The number of anilines is 1. The lowest BCUT2D eigenvalue weighted by atomic mass is 9.88. The van der Waals surface area contributed by atoms with Crippen LogP contribution in [-0.2, 0) is 4.74 Å². The molecule has 0 aromatic heterocycles. The lowest BCUT2D eigenvalue weighted by molar-refractivity contribution is 0.0377. The maximum absolute atomic E-state index is 13.5. The first-order valence-corrected chi connectivity index (χ1v) is 10.7. The van der Waals surface area contributed by atoms with E-state index < -0.39 is 29.4 Å². The summed E-state index contributed by atoms with van der Waals surface area (Å²) in [4.78, 5) is 37.9. The predicted molar refractivity (Wildman–Crippen MR) is 125 cm³/mol. The Hall–Kier alpha value is -2.83. The van der Waals surface area contributed by atoms with Crippen LogP contribution in [0.15, 0.2) is 30.3 Å². The molecule has 0 atom stereocenters. The van der Waals surface area contributed by atoms with Gasteiger partial charge in [-0.2, -0.15) is 0 Å². The molecule has 32 heavy (non-hydrogen) atoms. The molecule has 0 fully saturated rings. The fraction of sp³-hybridized carbons (Fsp3) is 0.292. The van der Waals surface area contributed by atoms with Gasteiger partial charge in [0.1, 0.15) is 0 Å². The molecule has 1 aliphatic rings. The summed E-state index contributed by atoms with van der Waals surface area (Å²) in [5, 5.41) is 12.5. The minimum Gasteiger partial charge on any atom is -0.478 e. The molecule has 2 aromatic rings. The van der Waals surface area contributed by atoms with Crippen molar-refractivity contribution in [2.75, 3.05) is 5.32 Å². The highest BCUT2D eigenvalue weighted by atomic mass is 35.5. The second kappa shape index (κ2) is 8.60. The summed E-state index contributed by atoms with van der Waals surface area (Å²) in [5.41, 5.74) is 1.61. The Bertz CT molecular complexity index is 1180. The standard InChI is InChI=1S/C24H23Cl2NO5/c1-11(2)32-23(31)15-9-16(25)18(22(29)30)19(20(15)26)21(28)13-6-7-17-14(8-13)12(3)10-24(4,5)27-17/h6-11,27H,1-5H3,(H,29,30). The number of halogens is 2. The van der Waals surface area contributed by atoms with Crippen molar-refractivity contribution in [1.82, 2.24) is 0 Å². The summed E-state index contributed by atoms with van der Waals surface area (Å²) in [6, 6.07) is 6.12. The number of aromatic carboxylic acids is 1. The second-order valence-corrected chi connectivity index (χ2v) is 9.28. The van der Waals surface area contributed by atoms with Gasteiger partial charge in [0.05, 0.1) is 38.4 Å². The maximum atomic E-state index is 13.5. The summed E-state index contributed by atoms with van der Waals surface area (Å²) in [6.07, 6.45) is 1.60. The number of nitrogens with one attached hydrogen (secondary N) is 1. The summed E-state index contributed by atoms with van der Waals surface area (Å²) >= 11 is 12.6. The van der Waals surface area contributed by atoms with Gasteiger partial charge in [0.15, 0.2) is 5.78 Å². The van der Waals surface area contributed by atoms with Gasteiger partial charge in [0.2, 0.25) is 0 Å². The van der Waals surface area contributed by atoms with E-state index in [4.69, 9.17) is 27.9 Å². The van der Waals surface area contributed by atoms with Gasteiger partial charge in [-0.3, -0.25) is 4.79 Å². The lowest BCUT2D eigenvalue weighted by Crippen LogP contribution is -2.31. The highest BCUT2D eigenvalue weighted by Gasteiger charge is 2.30. The number of rotatable bonds is 5. The van der Waals surface area contributed by atoms with Crippen LogP contribution in [0.2, 0.25) is 10.0 Å². The average molecular weight is 476 g/mol. The Labute approximate surface area is 196 Å². The minimum atomic E-state index is -1.43. The van der Waals surface area contributed by atoms with Crippen molar-refractivity contribution in [3.63, 3.8) is 0 Å². The number of fused-ring (bicyclic) bond motifs is 1. The van der Waals surface area contributed by atoms with Gasteiger partial charge in [-0.25, -0.2) is 9.59 Å². The zero-order valence-electron chi connectivity index (χ0n) is 18.3. The number of hydrogen-bond donors (Lipinski definition) is 2. The number of benzene rings is 2. The average Bonchev–Trinajstić information content (AvgIpc) is 2.66. The monoisotopic (exact) mass is 475 g/mol. The topological polar surface area (TPSA) is 92.7 Å². The molecule has 8 heteroatoms. The van der Waals surface area contributed by atoms with Crippen LogP contribution in [0.25, 0.3) is 5.57 Å². The van der Waals surface area contributed by atoms with Gasteiger partial charge >= 0.3 is 11.9 Å². The zero-order valence-corrected chi connectivity index (χ0v) is 19.8. The highest BCUT2D eigenvalue weighted by Crippen LogP contribution is 2.37. The van der Waals surface area contributed by atoms with Gasteiger partial charge in [0, 0.05) is 16.8 Å². The molecular weight excluding hydrogens is 453 g/mol. The molecule has 1 heterocycles. The lowest BCUT2D eigenvalue weighted by Gasteiger charge is -2.31. The normalized spacial score (nSPS) is 14.3. The van der Waals surface area contributed by atoms with Crippen molar-refractivity contribution >= 4 is 52.2 Å². The van der Waals surface area contributed by atoms with Crippen molar-refractivity contribution in [3.8, 4) is 0 Å². The van der Waals surface area contributed by atoms with Crippen LogP contribution in [-0.4, -0.2) is 34.5 Å². The molecule has 1 aliphatic heterocycles. The van der Waals surface area contributed by atoms with E-state index in [-0.39, 0.29) is 32.3 Å². The first-order chi connectivity index (χ1) is 14.8. The van der Waals surface area contributed by atoms with E-state index in [9.17, 15) is 19.5 Å². The number of ketones is 1. The predicted octanol–water partition coefficient (Wildman–Crippen LogP) is 6.10. The molecular formula is C24H23Cl2NO5. The third kappa shape index (κ3) is 4.52. The van der Waals surface area contributed by atoms with Crippen LogP contribution in [0, 0.1) is 0 Å². The first kappa shape index (κ1) is 23.8. The summed E-state index contributed by atoms with van der Waals surface area (Å²) in [5.74, 6) is -2.89. The van der Waals surface area contributed by atoms with Crippen LogP contribution in [0.4, 0.5) is 5.69 Å². The molecule has 0 aliphatic carbocycles. The summed E-state index contributed by atoms with van der Waals surface area (Å²) < 4.78 is 5.16. The largest absolute Gasteiger partial charge is 0.478 e. The highest BCUT2D eigenvalue weighted by molar-refractivity contribution is 6.42. The van der Waals surface area contributed by atoms with Crippen LogP contribution in [0.3, 0.4) is 0 Å². The van der Waals surface area contributed by atoms with Crippen molar-refractivity contribution in [2.45, 2.75) is 46.3 Å². The molecule has 0 bridgehead atoms. The molecule has 0 unspecified atom stereocenters. The molecule has 0 radical (unpaired) electrons. The molecule has 0 saturated carbocycles. The smallest absolute Gasteiger partial charge is 0.339 e. The molecule has 6 nitrogen and oxygen atoms in total. The third-order valence-electron chi connectivity index (χ3n) is 4.96. The van der Waals surface area contributed by atoms with E-state index in [0.717, 1.165) is 22.9 Å². The van der Waals surface area contributed by atoms with Crippen molar-refractivity contribution in [1.29, 1.82) is 0 Å². The molecule has 0 amide bonds. The molecule has 0 spiro atoms. The molecule has 168 valence electrons. The Morgan fingerprint density at radius 3 is 2.34 bits per heavy atom. The fourth-order valence-corrected chi connectivity index (χ4v) is 4.34. The van der Waals surface area contributed by atoms with E-state index in [1.165, 1.54) is 0 Å². The zero-order chi connectivity index (χ0) is 24.0. The molecule has 3 rings (SSSR count). The Morgan fingerprint density at radius 2 is 1.75 bits per heavy atom. The Kier molecular flexibility index (Phi) is 6.40. The number of carbonyl (C=O) groups is 3. The van der Waals surface area contributed by atoms with Crippen molar-refractivity contribution < 1.29 is 24.2 Å². The second-order valence-electron chi connectivity index (χ2n) is 8.49. The SMILES string of the molecule is CC1=CC(C)(C)Nc2ccc(C(=O)c3c(Cl)c(C(=O)OC(C)C)cc(Cl)c3C(=O)O)cc21. The van der Waals surface area contributed by atoms with Gasteiger partial charge in [-0.15, -0.1) is 0 Å². The Morgan fingerprint density at radius 1 is 1.09 bits per heavy atom. The summed E-state index contributed by atoms with van der Waals surface area (Å²) in [7, 11) is 0. The fourth-order valence-electron chi connectivity index (χ4n) is 3.74. The van der Waals surface area contributed by atoms with Gasteiger partial charge < -0.3 is 15.2 Å². The third-order valence-corrected chi connectivity index (χ3v) is 5.65. The van der Waals surface area contributed by atoms with E-state index in [1.807, 2.05) is 26.8 Å². The first-order valence-electron chi connectivity index (χ1n) is 9.95. The van der Waals surface area contributed by atoms with Crippen LogP contribution >= 0.6 is 23.2 Å². The van der Waals surface area contributed by atoms with E-state index in [1.54, 1.807) is 32.0 Å². The number of ether oxygens (including phenoxy) is 1. The minimum absolute atomic E-state index is 0.170. The van der Waals surface area contributed by atoms with Crippen molar-refractivity contribution in [3.05, 3.63) is 68.2 Å². The maximum Gasteiger partial charge on any atom is 0.339 e. The number of carboxylic acids is 1. The molecule has 0 saturated heterocycles. The summed E-state index contributed by atoms with van der Waals surface area (Å²) in [6.45, 7) is 9.31. The Balaban J connectivity index is 2.18. The number of esters is 1. The van der Waals surface area contributed by atoms with Gasteiger partial charge in [-0.1, -0.05) is 29.3 Å².